The molecule has 1 N–H and O–H groups in total. The van der Waals surface area contributed by atoms with Gasteiger partial charge in [-0.3, -0.25) is 0 Å². The van der Waals surface area contributed by atoms with Crippen LogP contribution in [0.3, 0.4) is 0 Å². The van der Waals surface area contributed by atoms with Gasteiger partial charge < -0.3 is 9.84 Å². The number of carboxylic acids is 1. The molecule has 0 aromatic heterocycles. The van der Waals surface area contributed by atoms with Crippen molar-refractivity contribution in [3.63, 3.8) is 0 Å². The van der Waals surface area contributed by atoms with Crippen molar-refractivity contribution in [2.75, 3.05) is 0 Å². The molecule has 0 amide bonds. The fourth-order valence-corrected chi connectivity index (χ4v) is 2.55. The third kappa shape index (κ3) is 3.59. The summed E-state index contributed by atoms with van der Waals surface area (Å²) < 4.78 is 5.34. The van der Waals surface area contributed by atoms with Gasteiger partial charge in [-0.25, -0.2) is 9.59 Å². The van der Waals surface area contributed by atoms with Crippen LogP contribution in [0.5, 0.6) is 0 Å². The lowest BCUT2D eigenvalue weighted by Crippen LogP contribution is -2.36. The van der Waals surface area contributed by atoms with Crippen molar-refractivity contribution >= 4 is 11.9 Å². The largest absolute Gasteiger partial charge is 0.477 e. The van der Waals surface area contributed by atoms with Crippen LogP contribution in [-0.4, -0.2) is 23.1 Å². The molecule has 1 saturated carbocycles. The minimum absolute atomic E-state index is 0.183. The minimum Gasteiger partial charge on any atom is -0.477 e. The van der Waals surface area contributed by atoms with Gasteiger partial charge in [0.25, 0.3) is 0 Å². The number of carbonyl (C=O) groups is 2. The van der Waals surface area contributed by atoms with E-state index in [9.17, 15) is 9.59 Å². The maximum Gasteiger partial charge on any atom is 0.345 e. The number of esters is 1. The van der Waals surface area contributed by atoms with Gasteiger partial charge in [0.05, 0.1) is 0 Å². The fraction of sp³-hybridized carbons (Fsp3) is 0.714. The van der Waals surface area contributed by atoms with E-state index in [1.165, 1.54) is 0 Å². The molecule has 102 valence electrons. The summed E-state index contributed by atoms with van der Waals surface area (Å²) in [5.41, 5.74) is -0.490. The molecule has 0 bridgehead atoms. The SMILES string of the molecule is C=C(C(=O)O)C(=O)OC1CC(C)CCC1C(C)C. The predicted molar refractivity (Wildman–Crippen MR) is 68.0 cm³/mol. The first-order valence-corrected chi connectivity index (χ1v) is 6.46. The van der Waals surface area contributed by atoms with Crippen LogP contribution in [-0.2, 0) is 14.3 Å². The first-order valence-electron chi connectivity index (χ1n) is 6.46. The molecule has 0 aromatic carbocycles. The zero-order valence-electron chi connectivity index (χ0n) is 11.3. The molecule has 1 fully saturated rings. The molecule has 1 rings (SSSR count). The predicted octanol–water partition coefficient (Wildman–Crippen LogP) is 2.63. The van der Waals surface area contributed by atoms with Crippen molar-refractivity contribution in [3.8, 4) is 0 Å². The third-order valence-corrected chi connectivity index (χ3v) is 3.72. The van der Waals surface area contributed by atoms with Crippen molar-refractivity contribution in [1.29, 1.82) is 0 Å². The normalized spacial score (nSPS) is 27.9. The van der Waals surface area contributed by atoms with Crippen molar-refractivity contribution in [3.05, 3.63) is 12.2 Å². The Labute approximate surface area is 108 Å². The van der Waals surface area contributed by atoms with E-state index in [0.717, 1.165) is 19.3 Å². The van der Waals surface area contributed by atoms with E-state index < -0.39 is 17.5 Å². The van der Waals surface area contributed by atoms with Gasteiger partial charge in [0, 0.05) is 0 Å². The number of aliphatic carboxylic acids is 1. The molecule has 3 atom stereocenters. The maximum absolute atomic E-state index is 11.6. The van der Waals surface area contributed by atoms with Crippen LogP contribution in [0, 0.1) is 17.8 Å². The highest BCUT2D eigenvalue weighted by Gasteiger charge is 2.34. The second-order valence-electron chi connectivity index (χ2n) is 5.55. The Balaban J connectivity index is 2.69. The lowest BCUT2D eigenvalue weighted by Gasteiger charge is -2.36. The van der Waals surface area contributed by atoms with Crippen molar-refractivity contribution in [2.24, 2.45) is 17.8 Å². The fourth-order valence-electron chi connectivity index (χ4n) is 2.55. The molecule has 4 heteroatoms. The second kappa shape index (κ2) is 6.03. The van der Waals surface area contributed by atoms with Gasteiger partial charge >= 0.3 is 11.9 Å². The molecule has 0 aromatic rings. The summed E-state index contributed by atoms with van der Waals surface area (Å²) in [6.45, 7) is 9.57. The monoisotopic (exact) mass is 254 g/mol. The van der Waals surface area contributed by atoms with Crippen LogP contribution < -0.4 is 0 Å². The van der Waals surface area contributed by atoms with Crippen LogP contribution >= 0.6 is 0 Å². The summed E-state index contributed by atoms with van der Waals surface area (Å²) in [5, 5.41) is 8.71. The van der Waals surface area contributed by atoms with Crippen LogP contribution in [0.2, 0.25) is 0 Å². The highest BCUT2D eigenvalue weighted by atomic mass is 16.5. The molecule has 1 aliphatic rings. The summed E-state index contributed by atoms with van der Waals surface area (Å²) in [4.78, 5) is 22.3. The Morgan fingerprint density at radius 3 is 2.44 bits per heavy atom. The average Bonchev–Trinajstić information content (AvgIpc) is 2.27. The number of hydrogen-bond acceptors (Lipinski definition) is 3. The van der Waals surface area contributed by atoms with Crippen LogP contribution in [0.1, 0.15) is 40.0 Å². The average molecular weight is 254 g/mol. The molecule has 0 heterocycles. The zero-order chi connectivity index (χ0) is 13.9. The number of carbonyl (C=O) groups excluding carboxylic acids is 1. The summed E-state index contributed by atoms with van der Waals surface area (Å²) in [6, 6.07) is 0. The number of hydrogen-bond donors (Lipinski definition) is 1. The Hall–Kier alpha value is -1.32. The van der Waals surface area contributed by atoms with Gasteiger partial charge in [0.15, 0.2) is 0 Å². The van der Waals surface area contributed by atoms with E-state index in [1.807, 2.05) is 0 Å². The molecule has 3 unspecified atom stereocenters. The summed E-state index contributed by atoms with van der Waals surface area (Å²) in [5.74, 6) is -0.867. The van der Waals surface area contributed by atoms with Crippen LogP contribution in [0.15, 0.2) is 12.2 Å². The molecule has 18 heavy (non-hydrogen) atoms. The quantitative estimate of drug-likeness (QED) is 0.362. The van der Waals surface area contributed by atoms with Gasteiger partial charge in [-0.15, -0.1) is 0 Å². The van der Waals surface area contributed by atoms with Crippen molar-refractivity contribution in [2.45, 2.75) is 46.1 Å². The number of rotatable bonds is 4. The van der Waals surface area contributed by atoms with Crippen molar-refractivity contribution < 1.29 is 19.4 Å². The van der Waals surface area contributed by atoms with Crippen LogP contribution in [0.25, 0.3) is 0 Å². The molecule has 0 radical (unpaired) electrons. The Kier molecular flexibility index (Phi) is 4.93. The lowest BCUT2D eigenvalue weighted by molar-refractivity contribution is -0.153. The third-order valence-electron chi connectivity index (χ3n) is 3.72. The van der Waals surface area contributed by atoms with Gasteiger partial charge in [-0.1, -0.05) is 33.8 Å². The highest BCUT2D eigenvalue weighted by molar-refractivity contribution is 6.12. The molecular weight excluding hydrogens is 232 g/mol. The van der Waals surface area contributed by atoms with E-state index in [1.54, 1.807) is 0 Å². The summed E-state index contributed by atoms with van der Waals surface area (Å²) >= 11 is 0. The van der Waals surface area contributed by atoms with Gasteiger partial charge in [-0.2, -0.15) is 0 Å². The lowest BCUT2D eigenvalue weighted by atomic mass is 9.75. The zero-order valence-corrected chi connectivity index (χ0v) is 11.3. The molecule has 0 aliphatic heterocycles. The minimum atomic E-state index is -1.31. The van der Waals surface area contributed by atoms with E-state index in [-0.39, 0.29) is 6.10 Å². The van der Waals surface area contributed by atoms with Gasteiger partial charge in [0.2, 0.25) is 0 Å². The Bertz CT molecular complexity index is 346. The topological polar surface area (TPSA) is 63.6 Å². The van der Waals surface area contributed by atoms with E-state index in [2.05, 4.69) is 27.4 Å². The smallest absolute Gasteiger partial charge is 0.345 e. The van der Waals surface area contributed by atoms with Crippen molar-refractivity contribution in [1.82, 2.24) is 0 Å². The highest BCUT2D eigenvalue weighted by Crippen LogP contribution is 2.35. The number of carboxylic acid groups (broad SMARTS) is 1. The van der Waals surface area contributed by atoms with Gasteiger partial charge in [-0.05, 0) is 30.6 Å². The van der Waals surface area contributed by atoms with E-state index in [0.29, 0.717) is 17.8 Å². The molecule has 1 aliphatic carbocycles. The summed E-state index contributed by atoms with van der Waals surface area (Å²) in [6.07, 6.45) is 2.78. The first-order chi connectivity index (χ1) is 8.32. The molecular formula is C14H22O4. The Morgan fingerprint density at radius 1 is 1.33 bits per heavy atom. The molecule has 0 spiro atoms. The Morgan fingerprint density at radius 2 is 1.94 bits per heavy atom. The second-order valence-corrected chi connectivity index (χ2v) is 5.55. The number of ether oxygens (including phenoxy) is 1. The standard InChI is InChI=1S/C14H22O4/c1-8(2)11-6-5-9(3)7-12(11)18-14(17)10(4)13(15)16/h8-9,11-12H,4-7H2,1-3H3,(H,15,16). The summed E-state index contributed by atoms with van der Waals surface area (Å²) in [7, 11) is 0. The van der Waals surface area contributed by atoms with Crippen LogP contribution in [0.4, 0.5) is 0 Å². The molecule has 4 nitrogen and oxygen atoms in total. The van der Waals surface area contributed by atoms with E-state index >= 15 is 0 Å². The molecule has 0 saturated heterocycles. The maximum atomic E-state index is 11.6. The first kappa shape index (κ1) is 14.7. The van der Waals surface area contributed by atoms with E-state index in [4.69, 9.17) is 9.84 Å². The van der Waals surface area contributed by atoms with Gasteiger partial charge in [0.1, 0.15) is 11.7 Å².